The Labute approximate surface area is 137 Å². The highest BCUT2D eigenvalue weighted by Gasteiger charge is 2.32. The summed E-state index contributed by atoms with van der Waals surface area (Å²) in [5, 5.41) is 5.74. The van der Waals surface area contributed by atoms with Crippen molar-refractivity contribution in [3.05, 3.63) is 30.3 Å². The van der Waals surface area contributed by atoms with E-state index >= 15 is 0 Å². The Morgan fingerprint density at radius 3 is 2.70 bits per heavy atom. The van der Waals surface area contributed by atoms with Crippen LogP contribution in [0.2, 0.25) is 0 Å². The molecule has 126 valence electrons. The van der Waals surface area contributed by atoms with Crippen molar-refractivity contribution < 1.29 is 14.3 Å². The van der Waals surface area contributed by atoms with E-state index in [0.29, 0.717) is 19.7 Å². The average Bonchev–Trinajstić information content (AvgIpc) is 2.56. The van der Waals surface area contributed by atoms with Gasteiger partial charge in [0.25, 0.3) is 0 Å². The molecular formula is C17H25N3O3. The number of urea groups is 1. The normalized spacial score (nSPS) is 20.9. The highest BCUT2D eigenvalue weighted by Crippen LogP contribution is 2.23. The van der Waals surface area contributed by atoms with Crippen molar-refractivity contribution in [1.82, 2.24) is 10.2 Å². The Kier molecular flexibility index (Phi) is 6.40. The molecule has 0 aliphatic carbocycles. The first-order chi connectivity index (χ1) is 11.1. The van der Waals surface area contributed by atoms with Gasteiger partial charge in [0.2, 0.25) is 5.91 Å². The molecule has 1 aromatic rings. The van der Waals surface area contributed by atoms with Gasteiger partial charge in [0, 0.05) is 31.9 Å². The van der Waals surface area contributed by atoms with E-state index in [1.54, 1.807) is 12.0 Å². The Hall–Kier alpha value is -2.08. The maximum absolute atomic E-state index is 12.5. The lowest BCUT2D eigenvalue weighted by Gasteiger charge is -2.37. The number of nitrogens with zero attached hydrogens (tertiary/aromatic N) is 1. The molecule has 1 saturated heterocycles. The van der Waals surface area contributed by atoms with E-state index in [0.717, 1.165) is 18.5 Å². The summed E-state index contributed by atoms with van der Waals surface area (Å²) in [5.41, 5.74) is 0.761. The molecule has 1 aromatic carbocycles. The number of benzene rings is 1. The molecule has 0 saturated carbocycles. The summed E-state index contributed by atoms with van der Waals surface area (Å²) in [6, 6.07) is 9.32. The van der Waals surface area contributed by atoms with E-state index in [1.165, 1.54) is 0 Å². The van der Waals surface area contributed by atoms with E-state index < -0.39 is 0 Å². The molecule has 2 atom stereocenters. The number of piperidine rings is 1. The number of hydrogen-bond acceptors (Lipinski definition) is 3. The van der Waals surface area contributed by atoms with E-state index in [9.17, 15) is 9.59 Å². The lowest BCUT2D eigenvalue weighted by Crippen LogP contribution is -2.51. The molecule has 0 spiro atoms. The number of amides is 3. The summed E-state index contributed by atoms with van der Waals surface area (Å²) in [4.78, 5) is 26.4. The third-order valence-corrected chi connectivity index (χ3v) is 4.14. The van der Waals surface area contributed by atoms with Crippen LogP contribution in [0.3, 0.4) is 0 Å². The summed E-state index contributed by atoms with van der Waals surface area (Å²) in [7, 11) is 1.60. The summed E-state index contributed by atoms with van der Waals surface area (Å²) >= 11 is 0. The van der Waals surface area contributed by atoms with Gasteiger partial charge < -0.3 is 20.3 Å². The number of methoxy groups -OCH3 is 1. The fourth-order valence-corrected chi connectivity index (χ4v) is 2.74. The molecule has 1 fully saturated rings. The molecule has 1 aliphatic heterocycles. The second-order valence-electron chi connectivity index (χ2n) is 5.86. The predicted molar refractivity (Wildman–Crippen MR) is 89.2 cm³/mol. The molecule has 3 amide bonds. The zero-order valence-electron chi connectivity index (χ0n) is 13.7. The van der Waals surface area contributed by atoms with Gasteiger partial charge in [0.1, 0.15) is 0 Å². The molecule has 0 bridgehead atoms. The molecule has 6 nitrogen and oxygen atoms in total. The largest absolute Gasteiger partial charge is 0.383 e. The molecular weight excluding hydrogens is 294 g/mol. The minimum atomic E-state index is -0.162. The van der Waals surface area contributed by atoms with Gasteiger partial charge >= 0.3 is 6.03 Å². The Balaban J connectivity index is 1.92. The van der Waals surface area contributed by atoms with Crippen LogP contribution >= 0.6 is 0 Å². The van der Waals surface area contributed by atoms with Gasteiger partial charge in [0.05, 0.1) is 12.5 Å². The molecule has 1 aliphatic rings. The van der Waals surface area contributed by atoms with Crippen LogP contribution in [0.5, 0.6) is 0 Å². The Bertz CT molecular complexity index is 521. The van der Waals surface area contributed by atoms with Gasteiger partial charge in [-0.05, 0) is 31.9 Å². The van der Waals surface area contributed by atoms with Gasteiger partial charge in [-0.3, -0.25) is 4.79 Å². The number of ether oxygens (including phenoxy) is 1. The van der Waals surface area contributed by atoms with Crippen LogP contribution in [-0.2, 0) is 9.53 Å². The van der Waals surface area contributed by atoms with Crippen LogP contribution in [0.25, 0.3) is 0 Å². The molecule has 6 heteroatoms. The summed E-state index contributed by atoms with van der Waals surface area (Å²) in [6.07, 6.45) is 1.62. The monoisotopic (exact) mass is 319 g/mol. The second-order valence-corrected chi connectivity index (χ2v) is 5.86. The first-order valence-corrected chi connectivity index (χ1v) is 8.01. The number of nitrogens with one attached hydrogen (secondary N) is 2. The zero-order valence-corrected chi connectivity index (χ0v) is 13.7. The molecule has 0 unspecified atom stereocenters. The average molecular weight is 319 g/mol. The fourth-order valence-electron chi connectivity index (χ4n) is 2.74. The van der Waals surface area contributed by atoms with Crippen LogP contribution < -0.4 is 10.6 Å². The number of carbonyl (C=O) groups excluding carboxylic acids is 2. The van der Waals surface area contributed by atoms with E-state index in [1.807, 2.05) is 37.3 Å². The van der Waals surface area contributed by atoms with Crippen molar-refractivity contribution in [3.8, 4) is 0 Å². The summed E-state index contributed by atoms with van der Waals surface area (Å²) in [5.74, 6) is -0.170. The lowest BCUT2D eigenvalue weighted by molar-refractivity contribution is -0.126. The number of likely N-dealkylation sites (tertiary alicyclic amines) is 1. The summed E-state index contributed by atoms with van der Waals surface area (Å²) < 4.78 is 4.93. The maximum atomic E-state index is 12.5. The quantitative estimate of drug-likeness (QED) is 0.816. The van der Waals surface area contributed by atoms with Gasteiger partial charge in [0.15, 0.2) is 0 Å². The van der Waals surface area contributed by atoms with Gasteiger partial charge in [-0.2, -0.15) is 0 Å². The third kappa shape index (κ3) is 4.96. The third-order valence-electron chi connectivity index (χ3n) is 4.14. The minimum absolute atomic E-state index is 0.00791. The van der Waals surface area contributed by atoms with Crippen LogP contribution in [-0.4, -0.2) is 49.7 Å². The Morgan fingerprint density at radius 1 is 1.26 bits per heavy atom. The second kappa shape index (κ2) is 8.53. The number of rotatable bonds is 5. The Morgan fingerprint density at radius 2 is 2.00 bits per heavy atom. The fraction of sp³-hybridized carbons (Fsp3) is 0.529. The van der Waals surface area contributed by atoms with Crippen molar-refractivity contribution in [3.63, 3.8) is 0 Å². The van der Waals surface area contributed by atoms with Crippen LogP contribution in [0, 0.1) is 5.92 Å². The van der Waals surface area contributed by atoms with Crippen molar-refractivity contribution in [2.75, 3.05) is 32.1 Å². The van der Waals surface area contributed by atoms with Crippen LogP contribution in [0.1, 0.15) is 19.8 Å². The first kappa shape index (κ1) is 17.3. The molecule has 2 N–H and O–H groups in total. The van der Waals surface area contributed by atoms with Crippen LogP contribution in [0.15, 0.2) is 30.3 Å². The smallest absolute Gasteiger partial charge is 0.322 e. The molecule has 0 radical (unpaired) electrons. The first-order valence-electron chi connectivity index (χ1n) is 8.01. The number of anilines is 1. The molecule has 2 rings (SSSR count). The minimum Gasteiger partial charge on any atom is -0.383 e. The number of hydrogen-bond donors (Lipinski definition) is 2. The standard InChI is InChI=1S/C17H25N3O3/c1-13-8-9-14(16(21)18-10-11-23-2)12-20(13)17(22)19-15-6-4-3-5-7-15/h3-7,13-14H,8-12H2,1-2H3,(H,18,21)(H,19,22)/t13-,14+/m0/s1. The number of carbonyl (C=O) groups is 2. The van der Waals surface area contributed by atoms with Crippen LogP contribution in [0.4, 0.5) is 10.5 Å². The lowest BCUT2D eigenvalue weighted by atomic mass is 9.93. The maximum Gasteiger partial charge on any atom is 0.322 e. The highest BCUT2D eigenvalue weighted by molar-refractivity contribution is 5.90. The molecule has 23 heavy (non-hydrogen) atoms. The summed E-state index contributed by atoms with van der Waals surface area (Å²) in [6.45, 7) is 3.45. The van der Waals surface area contributed by atoms with Gasteiger partial charge in [-0.25, -0.2) is 4.79 Å². The zero-order chi connectivity index (χ0) is 16.7. The van der Waals surface area contributed by atoms with Crippen molar-refractivity contribution in [2.45, 2.75) is 25.8 Å². The van der Waals surface area contributed by atoms with Gasteiger partial charge in [-0.15, -0.1) is 0 Å². The van der Waals surface area contributed by atoms with Crippen molar-refractivity contribution >= 4 is 17.6 Å². The van der Waals surface area contributed by atoms with E-state index in [-0.39, 0.29) is 23.9 Å². The number of para-hydroxylation sites is 1. The molecule has 0 aromatic heterocycles. The van der Waals surface area contributed by atoms with Crippen molar-refractivity contribution in [2.24, 2.45) is 5.92 Å². The van der Waals surface area contributed by atoms with E-state index in [2.05, 4.69) is 10.6 Å². The topological polar surface area (TPSA) is 70.7 Å². The van der Waals surface area contributed by atoms with E-state index in [4.69, 9.17) is 4.74 Å². The van der Waals surface area contributed by atoms with Gasteiger partial charge in [-0.1, -0.05) is 18.2 Å². The highest BCUT2D eigenvalue weighted by atomic mass is 16.5. The van der Waals surface area contributed by atoms with Crippen molar-refractivity contribution in [1.29, 1.82) is 0 Å². The molecule has 1 heterocycles. The SMILES string of the molecule is COCCNC(=O)[C@@H]1CC[C@H](C)N(C(=O)Nc2ccccc2)C1. The predicted octanol–water partition coefficient (Wildman–Crippen LogP) is 2.08.